The normalized spacial score (nSPS) is 18.8. The molecule has 3 amide bonds. The quantitative estimate of drug-likeness (QED) is 0.786. The van der Waals surface area contributed by atoms with Gasteiger partial charge in [0.1, 0.15) is 6.04 Å². The van der Waals surface area contributed by atoms with Crippen LogP contribution in [0, 0.1) is 0 Å². The number of nitrogens with two attached hydrogens (primary N) is 1. The number of amides is 3. The first-order valence-corrected chi connectivity index (χ1v) is 6.55. The summed E-state index contributed by atoms with van der Waals surface area (Å²) in [6.45, 7) is 2.75. The predicted molar refractivity (Wildman–Crippen MR) is 72.1 cm³/mol. The van der Waals surface area contributed by atoms with E-state index in [0.29, 0.717) is 19.5 Å². The number of nitrogens with one attached hydrogen (secondary N) is 1. The molecule has 0 spiro atoms. The number of urea groups is 1. The Balaban J connectivity index is 2.10. The smallest absolute Gasteiger partial charge is 0.325 e. The fourth-order valence-electron chi connectivity index (χ4n) is 2.25. The maximum absolute atomic E-state index is 12.1. The van der Waals surface area contributed by atoms with Crippen molar-refractivity contribution in [3.63, 3.8) is 0 Å². The lowest BCUT2D eigenvalue weighted by molar-refractivity contribution is -0.128. The molecule has 1 unspecified atom stereocenters. The summed E-state index contributed by atoms with van der Waals surface area (Å²) in [5.41, 5.74) is 7.50. The van der Waals surface area contributed by atoms with Crippen LogP contribution in [0.3, 0.4) is 0 Å². The van der Waals surface area contributed by atoms with E-state index in [1.54, 1.807) is 0 Å². The van der Waals surface area contributed by atoms with Gasteiger partial charge in [0, 0.05) is 6.54 Å². The monoisotopic (exact) mass is 261 g/mol. The molecule has 5 heteroatoms. The first-order valence-electron chi connectivity index (χ1n) is 6.55. The highest BCUT2D eigenvalue weighted by molar-refractivity contribution is 6.04. The van der Waals surface area contributed by atoms with Crippen molar-refractivity contribution >= 4 is 11.9 Å². The van der Waals surface area contributed by atoms with Crippen LogP contribution in [-0.4, -0.2) is 22.9 Å². The lowest BCUT2D eigenvalue weighted by Gasteiger charge is -2.13. The van der Waals surface area contributed by atoms with Gasteiger partial charge in [0.25, 0.3) is 5.91 Å². The Morgan fingerprint density at radius 2 is 2.05 bits per heavy atom. The van der Waals surface area contributed by atoms with E-state index < -0.39 is 0 Å². The summed E-state index contributed by atoms with van der Waals surface area (Å²) in [6.07, 6.45) is 1.55. The molecule has 102 valence electrons. The van der Waals surface area contributed by atoms with Gasteiger partial charge in [-0.1, -0.05) is 37.6 Å². The van der Waals surface area contributed by atoms with Crippen LogP contribution in [0.5, 0.6) is 0 Å². The minimum atomic E-state index is -0.366. The van der Waals surface area contributed by atoms with E-state index >= 15 is 0 Å². The van der Waals surface area contributed by atoms with Crippen molar-refractivity contribution in [2.24, 2.45) is 5.73 Å². The van der Waals surface area contributed by atoms with Crippen LogP contribution in [0.25, 0.3) is 0 Å². The van der Waals surface area contributed by atoms with E-state index in [4.69, 9.17) is 5.73 Å². The number of carbonyl (C=O) groups excluding carboxylic acids is 2. The van der Waals surface area contributed by atoms with Crippen molar-refractivity contribution < 1.29 is 9.59 Å². The Morgan fingerprint density at radius 3 is 2.74 bits per heavy atom. The Bertz CT molecular complexity index is 487. The van der Waals surface area contributed by atoms with Gasteiger partial charge >= 0.3 is 6.03 Å². The highest BCUT2D eigenvalue weighted by Gasteiger charge is 2.36. The molecule has 1 saturated heterocycles. The van der Waals surface area contributed by atoms with Crippen LogP contribution in [0.1, 0.15) is 30.9 Å². The number of imide groups is 1. The van der Waals surface area contributed by atoms with Crippen molar-refractivity contribution in [3.8, 4) is 0 Å². The Hall–Kier alpha value is -1.88. The van der Waals surface area contributed by atoms with Crippen molar-refractivity contribution in [1.29, 1.82) is 0 Å². The standard InChI is InChI=1S/C14H19N3O2/c1-2-4-12-13(18)17(14(19)16-12)9-11-6-3-5-10(7-11)8-15/h3,5-7,12H,2,4,8-9,15H2,1H3,(H,16,19). The molecule has 0 bridgehead atoms. The number of hydrogen-bond acceptors (Lipinski definition) is 3. The second kappa shape index (κ2) is 5.84. The topological polar surface area (TPSA) is 75.4 Å². The molecule has 0 aromatic heterocycles. The predicted octanol–water partition coefficient (Wildman–Crippen LogP) is 1.37. The molecule has 0 saturated carbocycles. The number of hydrogen-bond donors (Lipinski definition) is 2. The van der Waals surface area contributed by atoms with Gasteiger partial charge in [-0.05, 0) is 17.5 Å². The molecule has 0 radical (unpaired) electrons. The van der Waals surface area contributed by atoms with Gasteiger partial charge in [0.05, 0.1) is 6.54 Å². The fourth-order valence-corrected chi connectivity index (χ4v) is 2.25. The summed E-state index contributed by atoms with van der Waals surface area (Å²) in [5.74, 6) is -0.134. The van der Waals surface area contributed by atoms with Crippen LogP contribution in [0.4, 0.5) is 4.79 Å². The van der Waals surface area contributed by atoms with E-state index in [9.17, 15) is 9.59 Å². The summed E-state index contributed by atoms with van der Waals surface area (Å²) >= 11 is 0. The lowest BCUT2D eigenvalue weighted by Crippen LogP contribution is -2.31. The van der Waals surface area contributed by atoms with Crippen LogP contribution < -0.4 is 11.1 Å². The number of benzene rings is 1. The summed E-state index contributed by atoms with van der Waals surface area (Å²) in [7, 11) is 0. The molecule has 1 fully saturated rings. The minimum Gasteiger partial charge on any atom is -0.326 e. The molecule has 1 aliphatic rings. The number of rotatable bonds is 5. The van der Waals surface area contributed by atoms with E-state index in [0.717, 1.165) is 17.5 Å². The zero-order chi connectivity index (χ0) is 13.8. The molecule has 1 heterocycles. The third kappa shape index (κ3) is 2.93. The van der Waals surface area contributed by atoms with Gasteiger partial charge in [0.2, 0.25) is 0 Å². The van der Waals surface area contributed by atoms with E-state index in [1.165, 1.54) is 4.90 Å². The molecule has 0 aliphatic carbocycles. The molecule has 19 heavy (non-hydrogen) atoms. The second-order valence-corrected chi connectivity index (χ2v) is 4.74. The number of nitrogens with zero attached hydrogens (tertiary/aromatic N) is 1. The zero-order valence-electron chi connectivity index (χ0n) is 11.1. The van der Waals surface area contributed by atoms with Crippen LogP contribution in [0.15, 0.2) is 24.3 Å². The number of carbonyl (C=O) groups is 2. The summed E-state index contributed by atoms with van der Waals surface area (Å²) in [4.78, 5) is 25.2. The van der Waals surface area contributed by atoms with Crippen LogP contribution >= 0.6 is 0 Å². The highest BCUT2D eigenvalue weighted by Crippen LogP contribution is 2.15. The largest absolute Gasteiger partial charge is 0.326 e. The summed E-state index contributed by atoms with van der Waals surface area (Å²) < 4.78 is 0. The van der Waals surface area contributed by atoms with Gasteiger partial charge in [-0.2, -0.15) is 0 Å². The molecule has 2 rings (SSSR count). The highest BCUT2D eigenvalue weighted by atomic mass is 16.2. The van der Waals surface area contributed by atoms with E-state index in [1.807, 2.05) is 31.2 Å². The average Bonchev–Trinajstić information content (AvgIpc) is 2.67. The molecular weight excluding hydrogens is 242 g/mol. The summed E-state index contributed by atoms with van der Waals surface area (Å²) in [5, 5.41) is 2.72. The Labute approximate surface area is 112 Å². The third-order valence-corrected chi connectivity index (χ3v) is 3.25. The average molecular weight is 261 g/mol. The lowest BCUT2D eigenvalue weighted by atomic mass is 10.1. The molecule has 3 N–H and O–H groups in total. The van der Waals surface area contributed by atoms with Gasteiger partial charge in [0.15, 0.2) is 0 Å². The van der Waals surface area contributed by atoms with Crippen LogP contribution in [-0.2, 0) is 17.9 Å². The van der Waals surface area contributed by atoms with Gasteiger partial charge in [-0.3, -0.25) is 9.69 Å². The van der Waals surface area contributed by atoms with Crippen molar-refractivity contribution in [2.75, 3.05) is 0 Å². The molecule has 1 aliphatic heterocycles. The van der Waals surface area contributed by atoms with Crippen molar-refractivity contribution in [1.82, 2.24) is 10.2 Å². The molecule has 1 aromatic rings. The van der Waals surface area contributed by atoms with Gasteiger partial charge in [-0.15, -0.1) is 0 Å². The SMILES string of the molecule is CCCC1NC(=O)N(Cc2cccc(CN)c2)C1=O. The van der Waals surface area contributed by atoms with Crippen molar-refractivity contribution in [2.45, 2.75) is 38.9 Å². The zero-order valence-corrected chi connectivity index (χ0v) is 11.1. The van der Waals surface area contributed by atoms with Crippen LogP contribution in [0.2, 0.25) is 0 Å². The minimum absolute atomic E-state index is 0.134. The molecule has 1 atom stereocenters. The first kappa shape index (κ1) is 13.5. The summed E-state index contributed by atoms with van der Waals surface area (Å²) in [6, 6.07) is 6.96. The maximum Gasteiger partial charge on any atom is 0.325 e. The molecular formula is C14H19N3O2. The Kier molecular flexibility index (Phi) is 4.16. The van der Waals surface area contributed by atoms with E-state index in [-0.39, 0.29) is 18.0 Å². The van der Waals surface area contributed by atoms with Gasteiger partial charge in [-0.25, -0.2) is 4.79 Å². The first-order chi connectivity index (χ1) is 9.15. The fraction of sp³-hybridized carbons (Fsp3) is 0.429. The maximum atomic E-state index is 12.1. The molecule has 1 aromatic carbocycles. The third-order valence-electron chi connectivity index (χ3n) is 3.25. The molecule has 5 nitrogen and oxygen atoms in total. The van der Waals surface area contributed by atoms with Gasteiger partial charge < -0.3 is 11.1 Å². The van der Waals surface area contributed by atoms with Crippen molar-refractivity contribution in [3.05, 3.63) is 35.4 Å². The second-order valence-electron chi connectivity index (χ2n) is 4.74. The Morgan fingerprint density at radius 1 is 1.32 bits per heavy atom. The van der Waals surface area contributed by atoms with E-state index in [2.05, 4.69) is 5.32 Å².